The molecular weight excluding hydrogens is 466 g/mol. The Kier molecular flexibility index (Phi) is 6.72. The van der Waals surface area contributed by atoms with Crippen molar-refractivity contribution in [1.29, 1.82) is 0 Å². The number of carbonyl (C=O) groups excluding carboxylic acids is 1. The number of pyridine rings is 1. The zero-order chi connectivity index (χ0) is 24.6. The van der Waals surface area contributed by atoms with Gasteiger partial charge in [-0.1, -0.05) is 62.1 Å². The Morgan fingerprint density at radius 3 is 2.71 bits per heavy atom. The molecule has 0 atom stereocenters. The fourth-order valence-electron chi connectivity index (χ4n) is 3.72. The number of thiocarbonyl (C=S) groups is 1. The predicted octanol–water partition coefficient (Wildman–Crippen LogP) is 5.61. The highest BCUT2D eigenvalue weighted by atomic mass is 32.2. The van der Waals surface area contributed by atoms with Crippen LogP contribution in [0.15, 0.2) is 58.9 Å². The van der Waals surface area contributed by atoms with Crippen LogP contribution in [0.3, 0.4) is 0 Å². The lowest BCUT2D eigenvalue weighted by Gasteiger charge is -2.16. The third kappa shape index (κ3) is 4.43. The van der Waals surface area contributed by atoms with Crippen molar-refractivity contribution in [3.8, 4) is 11.6 Å². The van der Waals surface area contributed by atoms with E-state index in [0.29, 0.717) is 27.2 Å². The predicted molar refractivity (Wildman–Crippen MR) is 142 cm³/mol. The number of aryl methyl sites for hydroxylation is 2. The van der Waals surface area contributed by atoms with E-state index in [9.17, 15) is 9.59 Å². The third-order valence-electron chi connectivity index (χ3n) is 5.51. The lowest BCUT2D eigenvalue weighted by atomic mass is 10.0. The van der Waals surface area contributed by atoms with E-state index in [1.807, 2.05) is 38.1 Å². The molecule has 0 saturated carbocycles. The molecular formula is C26H25N3O3S2. The van der Waals surface area contributed by atoms with Crippen LogP contribution in [-0.2, 0) is 4.79 Å². The molecule has 0 N–H and O–H groups in total. The smallest absolute Gasteiger partial charge is 0.269 e. The number of thioether (sulfide) groups is 1. The highest BCUT2D eigenvalue weighted by Gasteiger charge is 2.32. The number of benzene rings is 1. The Hall–Kier alpha value is -3.23. The van der Waals surface area contributed by atoms with Crippen LogP contribution in [0.25, 0.3) is 11.7 Å². The highest BCUT2D eigenvalue weighted by molar-refractivity contribution is 8.26. The first-order valence-corrected chi connectivity index (χ1v) is 12.1. The van der Waals surface area contributed by atoms with Gasteiger partial charge < -0.3 is 4.74 Å². The van der Waals surface area contributed by atoms with Crippen LogP contribution in [0.1, 0.15) is 42.0 Å². The van der Waals surface area contributed by atoms with Crippen molar-refractivity contribution in [1.82, 2.24) is 14.3 Å². The molecule has 0 spiro atoms. The van der Waals surface area contributed by atoms with E-state index in [4.69, 9.17) is 21.9 Å². The van der Waals surface area contributed by atoms with Crippen molar-refractivity contribution in [2.24, 2.45) is 0 Å². The molecule has 4 rings (SSSR count). The van der Waals surface area contributed by atoms with Gasteiger partial charge in [0.05, 0.1) is 4.91 Å². The molecule has 0 radical (unpaired) electrons. The summed E-state index contributed by atoms with van der Waals surface area (Å²) in [6.45, 7) is 12.0. The Labute approximate surface area is 208 Å². The molecule has 1 amide bonds. The largest absolute Gasteiger partial charge is 0.438 e. The van der Waals surface area contributed by atoms with Gasteiger partial charge in [-0.25, -0.2) is 0 Å². The topological polar surface area (TPSA) is 63.9 Å². The molecule has 34 heavy (non-hydrogen) atoms. The fourth-order valence-corrected chi connectivity index (χ4v) is 4.98. The molecule has 1 aromatic carbocycles. The van der Waals surface area contributed by atoms with E-state index < -0.39 is 0 Å². The van der Waals surface area contributed by atoms with Crippen molar-refractivity contribution < 1.29 is 9.53 Å². The first-order chi connectivity index (χ1) is 16.2. The first-order valence-electron chi connectivity index (χ1n) is 10.9. The van der Waals surface area contributed by atoms with Crippen LogP contribution >= 0.6 is 24.0 Å². The maximum Gasteiger partial charge on any atom is 0.269 e. The number of fused-ring (bicyclic) bond motifs is 1. The van der Waals surface area contributed by atoms with Crippen molar-refractivity contribution in [2.45, 2.75) is 33.6 Å². The molecule has 0 aliphatic carbocycles. The molecule has 0 unspecified atom stereocenters. The van der Waals surface area contributed by atoms with Gasteiger partial charge in [0.25, 0.3) is 11.5 Å². The number of amides is 1. The van der Waals surface area contributed by atoms with E-state index >= 15 is 0 Å². The van der Waals surface area contributed by atoms with Gasteiger partial charge in [0.1, 0.15) is 21.3 Å². The second-order valence-corrected chi connectivity index (χ2v) is 10.1. The summed E-state index contributed by atoms with van der Waals surface area (Å²) < 4.78 is 8.21. The average Bonchev–Trinajstić information content (AvgIpc) is 3.04. The van der Waals surface area contributed by atoms with E-state index in [2.05, 4.69) is 20.4 Å². The molecule has 2 aromatic heterocycles. The Morgan fingerprint density at radius 2 is 2.00 bits per heavy atom. The van der Waals surface area contributed by atoms with Crippen LogP contribution in [0, 0.1) is 13.8 Å². The van der Waals surface area contributed by atoms with Gasteiger partial charge >= 0.3 is 0 Å². The van der Waals surface area contributed by atoms with E-state index in [0.717, 1.165) is 28.5 Å². The van der Waals surface area contributed by atoms with Crippen molar-refractivity contribution >= 4 is 45.9 Å². The molecule has 1 aliphatic heterocycles. The zero-order valence-corrected chi connectivity index (χ0v) is 21.1. The summed E-state index contributed by atoms with van der Waals surface area (Å²) in [5, 5.41) is 0. The average molecular weight is 492 g/mol. The molecule has 1 aliphatic rings. The summed E-state index contributed by atoms with van der Waals surface area (Å²) in [5.74, 6) is 0.722. The summed E-state index contributed by atoms with van der Waals surface area (Å²) in [6, 6.07) is 9.66. The highest BCUT2D eigenvalue weighted by Crippen LogP contribution is 2.36. The second-order valence-electron chi connectivity index (χ2n) is 8.40. The number of aromatic nitrogens is 2. The number of hydrogen-bond donors (Lipinski definition) is 0. The van der Waals surface area contributed by atoms with E-state index in [-0.39, 0.29) is 28.8 Å². The monoisotopic (exact) mass is 491 g/mol. The SMILES string of the molecule is C=CCN1C(=O)/C(=C\c2c(Oc3cc(C)ccc3C(C)C)nc3c(C)cccn3c2=O)SC1=S. The molecule has 3 aromatic rings. The molecule has 1 fully saturated rings. The lowest BCUT2D eigenvalue weighted by molar-refractivity contribution is -0.121. The third-order valence-corrected chi connectivity index (χ3v) is 6.89. The Morgan fingerprint density at radius 1 is 1.24 bits per heavy atom. The van der Waals surface area contributed by atoms with Crippen LogP contribution < -0.4 is 10.3 Å². The first kappa shape index (κ1) is 23.9. The minimum absolute atomic E-state index is 0.154. The summed E-state index contributed by atoms with van der Waals surface area (Å²) in [7, 11) is 0. The molecule has 0 bridgehead atoms. The second kappa shape index (κ2) is 9.56. The maximum atomic E-state index is 13.6. The standard InChI is InChI=1S/C26H25N3O3S2/c1-6-11-29-25(31)21(34-26(29)33)14-19-23(27-22-17(5)8-7-12-28(22)24(19)30)32-20-13-16(4)9-10-18(20)15(2)3/h6-10,12-15H,1,11H2,2-5H3/b21-14+. The van der Waals surface area contributed by atoms with Crippen LogP contribution in [0.4, 0.5) is 0 Å². The maximum absolute atomic E-state index is 13.6. The number of hydrogen-bond acceptors (Lipinski definition) is 6. The van der Waals surface area contributed by atoms with Crippen molar-refractivity contribution in [3.05, 3.63) is 86.7 Å². The molecule has 3 heterocycles. The van der Waals surface area contributed by atoms with Crippen molar-refractivity contribution in [2.75, 3.05) is 6.54 Å². The van der Waals surface area contributed by atoms with Crippen molar-refractivity contribution in [3.63, 3.8) is 0 Å². The molecule has 6 nitrogen and oxygen atoms in total. The summed E-state index contributed by atoms with van der Waals surface area (Å²) >= 11 is 6.50. The van der Waals surface area contributed by atoms with E-state index in [1.165, 1.54) is 15.4 Å². The number of ether oxygens (including phenoxy) is 1. The molecule has 8 heteroatoms. The molecule has 174 valence electrons. The van der Waals surface area contributed by atoms with Crippen LogP contribution in [0.2, 0.25) is 0 Å². The van der Waals surface area contributed by atoms with Crippen LogP contribution in [-0.4, -0.2) is 31.1 Å². The van der Waals surface area contributed by atoms with Gasteiger partial charge in [0.2, 0.25) is 5.88 Å². The number of nitrogens with zero attached hydrogens (tertiary/aromatic N) is 3. The van der Waals surface area contributed by atoms with Gasteiger partial charge in [0.15, 0.2) is 0 Å². The Bertz CT molecular complexity index is 1420. The van der Waals surface area contributed by atoms with Gasteiger partial charge in [-0.05, 0) is 54.7 Å². The van der Waals surface area contributed by atoms with E-state index in [1.54, 1.807) is 18.3 Å². The lowest BCUT2D eigenvalue weighted by Crippen LogP contribution is -2.28. The zero-order valence-electron chi connectivity index (χ0n) is 19.5. The Balaban J connectivity index is 1.93. The van der Waals surface area contributed by atoms with Crippen LogP contribution in [0.5, 0.6) is 11.6 Å². The number of rotatable bonds is 6. The van der Waals surface area contributed by atoms with Gasteiger partial charge in [-0.15, -0.1) is 6.58 Å². The summed E-state index contributed by atoms with van der Waals surface area (Å²) in [5.41, 5.74) is 3.23. The molecule has 1 saturated heterocycles. The van der Waals surface area contributed by atoms with Gasteiger partial charge in [-0.2, -0.15) is 4.98 Å². The van der Waals surface area contributed by atoms with Gasteiger partial charge in [-0.3, -0.25) is 18.9 Å². The number of carbonyl (C=O) groups is 1. The summed E-state index contributed by atoms with van der Waals surface area (Å²) in [6.07, 6.45) is 4.81. The summed E-state index contributed by atoms with van der Waals surface area (Å²) in [4.78, 5) is 33.0. The van der Waals surface area contributed by atoms with Gasteiger partial charge in [0, 0.05) is 12.7 Å². The minimum Gasteiger partial charge on any atom is -0.438 e. The fraction of sp³-hybridized carbons (Fsp3) is 0.231. The normalized spacial score (nSPS) is 15.1. The minimum atomic E-state index is -0.323. The quantitative estimate of drug-likeness (QED) is 0.254.